The maximum absolute atomic E-state index is 8.64. The summed E-state index contributed by atoms with van der Waals surface area (Å²) in [6, 6.07) is 5.67. The van der Waals surface area contributed by atoms with Gasteiger partial charge in [0, 0.05) is 24.2 Å². The van der Waals surface area contributed by atoms with Crippen LogP contribution in [0.4, 0.5) is 5.69 Å². The van der Waals surface area contributed by atoms with Crippen LogP contribution >= 0.6 is 12.2 Å². The van der Waals surface area contributed by atoms with Crippen LogP contribution in [0.25, 0.3) is 10.9 Å². The SMILES string of the molecule is OCCCNC(=S)Nc1ccc2conc2c1. The number of hydrogen-bond donors (Lipinski definition) is 3. The third-order valence-corrected chi connectivity index (χ3v) is 2.49. The Hall–Kier alpha value is -1.66. The third kappa shape index (κ3) is 3.15. The van der Waals surface area contributed by atoms with E-state index < -0.39 is 0 Å². The maximum atomic E-state index is 8.64. The van der Waals surface area contributed by atoms with Gasteiger partial charge in [-0.05, 0) is 36.8 Å². The number of fused-ring (bicyclic) bond motifs is 1. The topological polar surface area (TPSA) is 70.3 Å². The van der Waals surface area contributed by atoms with Crippen LogP contribution in [-0.2, 0) is 0 Å². The van der Waals surface area contributed by atoms with Gasteiger partial charge >= 0.3 is 0 Å². The highest BCUT2D eigenvalue weighted by Gasteiger charge is 2.01. The fourth-order valence-electron chi connectivity index (χ4n) is 1.40. The van der Waals surface area contributed by atoms with Crippen molar-refractivity contribution in [3.8, 4) is 0 Å². The molecule has 0 spiro atoms. The van der Waals surface area contributed by atoms with Gasteiger partial charge in [-0.2, -0.15) is 0 Å². The van der Waals surface area contributed by atoms with E-state index in [4.69, 9.17) is 21.8 Å². The Labute approximate surface area is 104 Å². The van der Waals surface area contributed by atoms with Crippen molar-refractivity contribution in [2.24, 2.45) is 0 Å². The molecule has 0 saturated heterocycles. The minimum absolute atomic E-state index is 0.153. The molecule has 1 heterocycles. The van der Waals surface area contributed by atoms with Crippen LogP contribution in [0.15, 0.2) is 29.0 Å². The minimum Gasteiger partial charge on any atom is -0.396 e. The van der Waals surface area contributed by atoms with Crippen LogP contribution in [0, 0.1) is 0 Å². The largest absolute Gasteiger partial charge is 0.396 e. The summed E-state index contributed by atoms with van der Waals surface area (Å²) in [6.45, 7) is 0.801. The number of aliphatic hydroxyl groups is 1. The van der Waals surface area contributed by atoms with E-state index in [1.165, 1.54) is 0 Å². The first kappa shape index (κ1) is 11.8. The zero-order valence-corrected chi connectivity index (χ0v) is 9.96. The van der Waals surface area contributed by atoms with E-state index >= 15 is 0 Å². The van der Waals surface area contributed by atoms with E-state index in [0.29, 0.717) is 18.1 Å². The van der Waals surface area contributed by atoms with Gasteiger partial charge < -0.3 is 20.3 Å². The lowest BCUT2D eigenvalue weighted by Crippen LogP contribution is -2.29. The summed E-state index contributed by atoms with van der Waals surface area (Å²) in [5.74, 6) is 0. The van der Waals surface area contributed by atoms with Crippen LogP contribution in [0.5, 0.6) is 0 Å². The summed E-state index contributed by atoms with van der Waals surface area (Å²) >= 11 is 5.10. The molecule has 0 amide bonds. The molecule has 0 saturated carbocycles. The van der Waals surface area contributed by atoms with Crippen molar-refractivity contribution < 1.29 is 9.63 Å². The van der Waals surface area contributed by atoms with Gasteiger partial charge in [-0.25, -0.2) is 0 Å². The Balaban J connectivity index is 1.95. The molecule has 1 aromatic heterocycles. The number of nitrogens with one attached hydrogen (secondary N) is 2. The quantitative estimate of drug-likeness (QED) is 0.565. The number of aromatic nitrogens is 1. The number of nitrogens with zero attached hydrogens (tertiary/aromatic N) is 1. The molecule has 17 heavy (non-hydrogen) atoms. The molecule has 6 heteroatoms. The van der Waals surface area contributed by atoms with Crippen LogP contribution in [0.2, 0.25) is 0 Å². The molecular formula is C11H13N3O2S. The molecule has 0 radical (unpaired) electrons. The second kappa shape index (κ2) is 5.60. The first-order chi connectivity index (χ1) is 8.29. The van der Waals surface area contributed by atoms with Crippen LogP contribution in [0.3, 0.4) is 0 Å². The van der Waals surface area contributed by atoms with Crippen molar-refractivity contribution in [2.75, 3.05) is 18.5 Å². The normalized spacial score (nSPS) is 10.4. The van der Waals surface area contributed by atoms with E-state index in [1.807, 2.05) is 18.2 Å². The highest BCUT2D eigenvalue weighted by atomic mass is 32.1. The maximum Gasteiger partial charge on any atom is 0.170 e. The van der Waals surface area contributed by atoms with Crippen molar-refractivity contribution in [3.05, 3.63) is 24.5 Å². The summed E-state index contributed by atoms with van der Waals surface area (Å²) in [6.07, 6.45) is 2.26. The summed E-state index contributed by atoms with van der Waals surface area (Å²) < 4.78 is 4.85. The number of anilines is 1. The predicted molar refractivity (Wildman–Crippen MR) is 69.9 cm³/mol. The molecule has 0 atom stereocenters. The number of hydrogen-bond acceptors (Lipinski definition) is 4. The monoisotopic (exact) mass is 251 g/mol. The van der Waals surface area contributed by atoms with Crippen molar-refractivity contribution in [2.45, 2.75) is 6.42 Å². The lowest BCUT2D eigenvalue weighted by atomic mass is 10.2. The Morgan fingerprint density at radius 1 is 1.47 bits per heavy atom. The molecule has 1 aromatic carbocycles. The van der Waals surface area contributed by atoms with Crippen molar-refractivity contribution >= 4 is 33.9 Å². The van der Waals surface area contributed by atoms with Gasteiger partial charge in [-0.3, -0.25) is 0 Å². The van der Waals surface area contributed by atoms with Gasteiger partial charge in [0.25, 0.3) is 0 Å². The Morgan fingerprint density at radius 2 is 2.35 bits per heavy atom. The highest BCUT2D eigenvalue weighted by molar-refractivity contribution is 7.80. The standard InChI is InChI=1S/C11H13N3O2S/c15-5-1-4-12-11(17)13-9-3-2-8-7-16-14-10(8)6-9/h2-3,6-7,15H,1,4-5H2,(H2,12,13,17). The lowest BCUT2D eigenvalue weighted by molar-refractivity contribution is 0.289. The molecule has 5 nitrogen and oxygen atoms in total. The number of benzene rings is 1. The molecule has 0 bridgehead atoms. The zero-order valence-electron chi connectivity index (χ0n) is 9.14. The van der Waals surface area contributed by atoms with Gasteiger partial charge in [-0.15, -0.1) is 0 Å². The van der Waals surface area contributed by atoms with Gasteiger partial charge in [0.15, 0.2) is 5.11 Å². The summed E-state index contributed by atoms with van der Waals surface area (Å²) in [5.41, 5.74) is 1.64. The van der Waals surface area contributed by atoms with E-state index in [2.05, 4.69) is 15.8 Å². The van der Waals surface area contributed by atoms with Crippen LogP contribution in [-0.4, -0.2) is 28.5 Å². The fourth-order valence-corrected chi connectivity index (χ4v) is 1.62. The first-order valence-corrected chi connectivity index (χ1v) is 5.70. The second-order valence-electron chi connectivity index (χ2n) is 3.55. The number of rotatable bonds is 4. The Bertz CT molecular complexity index is 512. The number of thiocarbonyl (C=S) groups is 1. The van der Waals surface area contributed by atoms with Crippen molar-refractivity contribution in [1.82, 2.24) is 10.5 Å². The molecule has 3 N–H and O–H groups in total. The molecule has 2 rings (SSSR count). The fraction of sp³-hybridized carbons (Fsp3) is 0.273. The average Bonchev–Trinajstić information content (AvgIpc) is 2.76. The Kier molecular flexibility index (Phi) is 3.89. The molecule has 0 aliphatic heterocycles. The van der Waals surface area contributed by atoms with E-state index in [1.54, 1.807) is 6.26 Å². The molecule has 2 aromatic rings. The summed E-state index contributed by atoms with van der Waals surface area (Å²) in [4.78, 5) is 0. The smallest absolute Gasteiger partial charge is 0.170 e. The Morgan fingerprint density at radius 3 is 3.18 bits per heavy atom. The molecule has 0 fully saturated rings. The second-order valence-corrected chi connectivity index (χ2v) is 3.95. The highest BCUT2D eigenvalue weighted by Crippen LogP contribution is 2.17. The van der Waals surface area contributed by atoms with E-state index in [-0.39, 0.29) is 6.61 Å². The molecular weight excluding hydrogens is 238 g/mol. The molecule has 0 aliphatic carbocycles. The summed E-state index contributed by atoms with van der Waals surface area (Å²) in [5, 5.41) is 20.0. The van der Waals surface area contributed by atoms with Gasteiger partial charge in [0.2, 0.25) is 0 Å². The first-order valence-electron chi connectivity index (χ1n) is 5.29. The lowest BCUT2D eigenvalue weighted by Gasteiger charge is -2.09. The molecule has 0 aliphatic rings. The van der Waals surface area contributed by atoms with Gasteiger partial charge in [0.05, 0.1) is 0 Å². The predicted octanol–water partition coefficient (Wildman–Crippen LogP) is 1.50. The average molecular weight is 251 g/mol. The minimum atomic E-state index is 0.153. The third-order valence-electron chi connectivity index (χ3n) is 2.24. The van der Waals surface area contributed by atoms with Crippen molar-refractivity contribution in [1.29, 1.82) is 0 Å². The van der Waals surface area contributed by atoms with Crippen LogP contribution < -0.4 is 10.6 Å². The molecule has 0 unspecified atom stereocenters. The van der Waals surface area contributed by atoms with Crippen LogP contribution in [0.1, 0.15) is 6.42 Å². The van der Waals surface area contributed by atoms with E-state index in [0.717, 1.165) is 16.6 Å². The number of aliphatic hydroxyl groups excluding tert-OH is 1. The summed E-state index contributed by atoms with van der Waals surface area (Å²) in [7, 11) is 0. The van der Waals surface area contributed by atoms with Gasteiger partial charge in [-0.1, -0.05) is 5.16 Å². The van der Waals surface area contributed by atoms with E-state index in [9.17, 15) is 0 Å². The zero-order chi connectivity index (χ0) is 12.1. The van der Waals surface area contributed by atoms with Crippen molar-refractivity contribution in [3.63, 3.8) is 0 Å². The molecule has 90 valence electrons. The van der Waals surface area contributed by atoms with Gasteiger partial charge in [0.1, 0.15) is 11.8 Å².